The van der Waals surface area contributed by atoms with Gasteiger partial charge < -0.3 is 14.6 Å². The Hall–Kier alpha value is -2.50. The molecule has 0 spiro atoms. The molecule has 2 N–H and O–H groups in total. The van der Waals surface area contributed by atoms with Crippen LogP contribution in [0.5, 0.6) is 5.75 Å². The fraction of sp³-hybridized carbons (Fsp3) is 0.364. The fourth-order valence-corrected chi connectivity index (χ4v) is 4.72. The maximum atomic E-state index is 13.6. The Morgan fingerprint density at radius 2 is 2.06 bits per heavy atom. The van der Waals surface area contributed by atoms with Crippen LogP contribution in [0.25, 0.3) is 0 Å². The summed E-state index contributed by atoms with van der Waals surface area (Å²) in [6, 6.07) is 9.98. The molecule has 0 aliphatic heterocycles. The van der Waals surface area contributed by atoms with E-state index in [0.717, 1.165) is 23.3 Å². The fourth-order valence-electron chi connectivity index (χ4n) is 3.60. The number of nitriles is 1. The third-order valence-electron chi connectivity index (χ3n) is 5.39. The average molecular weight is 465 g/mol. The Morgan fingerprint density at radius 1 is 1.29 bits per heavy atom. The number of carboxylic acid groups (broad SMARTS) is 1. The zero-order valence-electron chi connectivity index (χ0n) is 16.3. The molecule has 0 saturated heterocycles. The van der Waals surface area contributed by atoms with Crippen LogP contribution in [0.15, 0.2) is 35.2 Å². The zero-order chi connectivity index (χ0) is 22.2. The Bertz CT molecular complexity index is 1070. The quantitative estimate of drug-likeness (QED) is 0.457. The van der Waals surface area contributed by atoms with E-state index in [4.69, 9.17) is 16.3 Å². The van der Waals surface area contributed by atoms with E-state index < -0.39 is 18.0 Å². The van der Waals surface area contributed by atoms with Crippen molar-refractivity contribution in [2.24, 2.45) is 0 Å². The minimum absolute atomic E-state index is 0.171. The minimum atomic E-state index is -2.75. The first-order chi connectivity index (χ1) is 14.8. The third kappa shape index (κ3) is 5.05. The molecule has 1 atom stereocenters. The Balaban J connectivity index is 1.60. The second-order valence-electron chi connectivity index (χ2n) is 7.81. The van der Waals surface area contributed by atoms with Gasteiger partial charge in [-0.3, -0.25) is 0 Å². The van der Waals surface area contributed by atoms with Crippen LogP contribution in [0.3, 0.4) is 0 Å². The number of nitrogens with one attached hydrogen (secondary N) is 1. The SMILES string of the molecule is N#Cc1cc(NSc2cc(C(=O)O)ccc2C2CC2)c(OC2CCC(F)(F)C2)cc1Cl. The lowest BCUT2D eigenvalue weighted by Gasteiger charge is -2.19. The molecule has 9 heteroatoms. The minimum Gasteiger partial charge on any atom is -0.488 e. The zero-order valence-corrected chi connectivity index (χ0v) is 17.9. The van der Waals surface area contributed by atoms with Gasteiger partial charge in [0.15, 0.2) is 0 Å². The molecule has 0 radical (unpaired) electrons. The van der Waals surface area contributed by atoms with Gasteiger partial charge >= 0.3 is 5.97 Å². The summed E-state index contributed by atoms with van der Waals surface area (Å²) < 4.78 is 36.1. The van der Waals surface area contributed by atoms with E-state index in [9.17, 15) is 23.9 Å². The number of benzene rings is 2. The van der Waals surface area contributed by atoms with E-state index in [1.165, 1.54) is 24.1 Å². The van der Waals surface area contributed by atoms with Gasteiger partial charge in [-0.25, -0.2) is 13.6 Å². The van der Waals surface area contributed by atoms with E-state index in [-0.39, 0.29) is 41.2 Å². The molecule has 2 aliphatic rings. The van der Waals surface area contributed by atoms with E-state index >= 15 is 0 Å². The first kappa shape index (κ1) is 21.7. The van der Waals surface area contributed by atoms with E-state index in [0.29, 0.717) is 11.6 Å². The number of rotatable bonds is 7. The van der Waals surface area contributed by atoms with Crippen molar-refractivity contribution in [2.75, 3.05) is 4.72 Å². The van der Waals surface area contributed by atoms with Crippen LogP contribution in [-0.2, 0) is 0 Å². The molecule has 0 amide bonds. The molecular formula is C22H19ClF2N2O3S. The lowest BCUT2D eigenvalue weighted by molar-refractivity contribution is -0.00101. The van der Waals surface area contributed by atoms with Gasteiger partial charge in [-0.2, -0.15) is 5.26 Å². The molecule has 2 saturated carbocycles. The van der Waals surface area contributed by atoms with Gasteiger partial charge in [-0.15, -0.1) is 0 Å². The molecule has 31 heavy (non-hydrogen) atoms. The molecule has 1 unspecified atom stereocenters. The first-order valence-electron chi connectivity index (χ1n) is 9.84. The number of anilines is 1. The van der Waals surface area contributed by atoms with Crippen LogP contribution in [0.4, 0.5) is 14.5 Å². The first-order valence-corrected chi connectivity index (χ1v) is 11.0. The number of hydrogen-bond donors (Lipinski definition) is 2. The van der Waals surface area contributed by atoms with Gasteiger partial charge in [0.2, 0.25) is 0 Å². The molecule has 0 heterocycles. The number of ether oxygens (including phenoxy) is 1. The van der Waals surface area contributed by atoms with Crippen molar-refractivity contribution in [3.05, 3.63) is 52.0 Å². The molecule has 2 aromatic carbocycles. The van der Waals surface area contributed by atoms with Crippen molar-refractivity contribution in [1.82, 2.24) is 0 Å². The van der Waals surface area contributed by atoms with E-state index in [2.05, 4.69) is 4.72 Å². The number of carboxylic acids is 1. The lowest BCUT2D eigenvalue weighted by atomic mass is 10.1. The summed E-state index contributed by atoms with van der Waals surface area (Å²) in [6.45, 7) is 0. The second kappa shape index (κ2) is 8.56. The average Bonchev–Trinajstić information content (AvgIpc) is 3.51. The molecule has 2 aliphatic carbocycles. The summed E-state index contributed by atoms with van der Waals surface area (Å²) in [6.07, 6.45) is 1.06. The summed E-state index contributed by atoms with van der Waals surface area (Å²) in [7, 11) is 0. The Morgan fingerprint density at radius 3 is 2.68 bits per heavy atom. The number of nitrogens with zero attached hydrogens (tertiary/aromatic N) is 1. The summed E-state index contributed by atoms with van der Waals surface area (Å²) >= 11 is 7.34. The lowest BCUT2D eigenvalue weighted by Crippen LogP contribution is -2.17. The standard InChI is InChI=1S/C22H19ClF2N2O3S/c23-17-9-19(30-15-5-6-22(24,25)10-15)18(7-14(17)11-26)27-31-20-8-13(21(28)29)3-4-16(20)12-1-2-12/h3-4,7-9,12,15,27H,1-2,5-6,10H2,(H,28,29). The van der Waals surface area contributed by atoms with Crippen molar-refractivity contribution in [3.8, 4) is 11.8 Å². The summed E-state index contributed by atoms with van der Waals surface area (Å²) in [4.78, 5) is 12.1. The van der Waals surface area contributed by atoms with Crippen LogP contribution >= 0.6 is 23.5 Å². The van der Waals surface area contributed by atoms with Gasteiger partial charge in [0.1, 0.15) is 17.9 Å². The van der Waals surface area contributed by atoms with Crippen LogP contribution in [-0.4, -0.2) is 23.1 Å². The normalized spacial score (nSPS) is 19.6. The van der Waals surface area contributed by atoms with Crippen molar-refractivity contribution < 1.29 is 23.4 Å². The van der Waals surface area contributed by atoms with Gasteiger partial charge in [0.05, 0.1) is 21.8 Å². The monoisotopic (exact) mass is 464 g/mol. The van der Waals surface area contributed by atoms with Crippen molar-refractivity contribution >= 4 is 35.2 Å². The number of hydrogen-bond acceptors (Lipinski definition) is 5. The second-order valence-corrected chi connectivity index (χ2v) is 9.07. The maximum Gasteiger partial charge on any atom is 0.335 e. The molecule has 2 aromatic rings. The molecule has 4 rings (SSSR count). The number of halogens is 3. The van der Waals surface area contributed by atoms with Gasteiger partial charge in [-0.05, 0) is 60.9 Å². The highest BCUT2D eigenvalue weighted by Crippen LogP contribution is 2.45. The Labute approximate surface area is 187 Å². The summed E-state index contributed by atoms with van der Waals surface area (Å²) in [5, 5.41) is 18.8. The molecular weight excluding hydrogens is 446 g/mol. The molecule has 0 bridgehead atoms. The molecule has 5 nitrogen and oxygen atoms in total. The van der Waals surface area contributed by atoms with Gasteiger partial charge in [0.25, 0.3) is 5.92 Å². The summed E-state index contributed by atoms with van der Waals surface area (Å²) in [5.41, 5.74) is 1.86. The highest BCUT2D eigenvalue weighted by atomic mass is 35.5. The summed E-state index contributed by atoms with van der Waals surface area (Å²) in [5.74, 6) is -3.10. The highest BCUT2D eigenvalue weighted by molar-refractivity contribution is 8.00. The maximum absolute atomic E-state index is 13.6. The Kier molecular flexibility index (Phi) is 6.00. The molecule has 0 aromatic heterocycles. The van der Waals surface area contributed by atoms with Crippen LogP contribution in [0.2, 0.25) is 5.02 Å². The van der Waals surface area contributed by atoms with Gasteiger partial charge in [0, 0.05) is 23.8 Å². The van der Waals surface area contributed by atoms with E-state index in [1.54, 1.807) is 12.1 Å². The molecule has 162 valence electrons. The van der Waals surface area contributed by atoms with Crippen LogP contribution in [0, 0.1) is 11.3 Å². The van der Waals surface area contributed by atoms with Crippen molar-refractivity contribution in [3.63, 3.8) is 0 Å². The smallest absolute Gasteiger partial charge is 0.335 e. The topological polar surface area (TPSA) is 82.4 Å². The van der Waals surface area contributed by atoms with Crippen LogP contribution in [0.1, 0.15) is 59.5 Å². The predicted octanol–water partition coefficient (Wildman–Crippen LogP) is 6.47. The van der Waals surface area contributed by atoms with Crippen LogP contribution < -0.4 is 9.46 Å². The predicted molar refractivity (Wildman–Crippen MR) is 114 cm³/mol. The van der Waals surface area contributed by atoms with E-state index in [1.807, 2.05) is 12.1 Å². The van der Waals surface area contributed by atoms with Gasteiger partial charge in [-0.1, -0.05) is 17.7 Å². The number of aromatic carboxylic acids is 1. The van der Waals surface area contributed by atoms with Crippen molar-refractivity contribution in [2.45, 2.75) is 54.9 Å². The third-order valence-corrected chi connectivity index (χ3v) is 6.60. The highest BCUT2D eigenvalue weighted by Gasteiger charge is 2.41. The van der Waals surface area contributed by atoms with Crippen molar-refractivity contribution in [1.29, 1.82) is 5.26 Å². The number of alkyl halides is 2. The largest absolute Gasteiger partial charge is 0.488 e. The molecule has 2 fully saturated rings. The number of carbonyl (C=O) groups is 1.